The molecule has 0 saturated heterocycles. The fourth-order valence-corrected chi connectivity index (χ4v) is 2.13. The molecule has 6 heteroatoms. The molecule has 0 fully saturated rings. The van der Waals surface area contributed by atoms with E-state index in [0.717, 1.165) is 0 Å². The molecule has 0 unspecified atom stereocenters. The highest BCUT2D eigenvalue weighted by Gasteiger charge is 2.22. The first-order valence-corrected chi connectivity index (χ1v) is 6.19. The van der Waals surface area contributed by atoms with Gasteiger partial charge >= 0.3 is 0 Å². The second-order valence-corrected chi connectivity index (χ2v) is 4.53. The van der Waals surface area contributed by atoms with Crippen molar-refractivity contribution in [2.24, 2.45) is 0 Å². The molecule has 0 aliphatic carbocycles. The number of hydrogen-bond donors (Lipinski definition) is 1. The van der Waals surface area contributed by atoms with Crippen molar-refractivity contribution in [1.29, 1.82) is 0 Å². The Kier molecular flexibility index (Phi) is 3.15. The minimum absolute atomic E-state index is 0.288. The topological polar surface area (TPSA) is 39.0 Å². The van der Waals surface area contributed by atoms with Gasteiger partial charge in [-0.25, -0.2) is 14.7 Å². The SMILES string of the molecule is Fc1ccc(C2=C(c3ccnc(F)c3)NC(=S)[N]2)cc1. The van der Waals surface area contributed by atoms with E-state index >= 15 is 0 Å². The molecular weight excluding hydrogens is 280 g/mol. The standard InChI is InChI=1S/C14H8F2N3S/c15-10-3-1-8(2-4-10)12-13(19-14(20)18-12)9-5-6-17-11(16)7-9/h1-7H,(H,19,20). The van der Waals surface area contributed by atoms with Gasteiger partial charge in [0.2, 0.25) is 5.95 Å². The Balaban J connectivity index is 2.11. The summed E-state index contributed by atoms with van der Waals surface area (Å²) in [6.07, 6.45) is 1.36. The molecule has 3 rings (SSSR count). The first-order chi connectivity index (χ1) is 9.63. The summed E-state index contributed by atoms with van der Waals surface area (Å²) < 4.78 is 26.2. The Hall–Kier alpha value is -2.34. The van der Waals surface area contributed by atoms with Crippen LogP contribution in [-0.2, 0) is 0 Å². The summed E-state index contributed by atoms with van der Waals surface area (Å²) in [5.74, 6) is -0.924. The predicted molar refractivity (Wildman–Crippen MR) is 75.3 cm³/mol. The predicted octanol–water partition coefficient (Wildman–Crippen LogP) is 2.68. The Morgan fingerprint density at radius 3 is 2.45 bits per heavy atom. The van der Waals surface area contributed by atoms with Crippen LogP contribution in [0.3, 0.4) is 0 Å². The molecule has 1 aliphatic rings. The third kappa shape index (κ3) is 2.37. The molecule has 1 aromatic heterocycles. The van der Waals surface area contributed by atoms with Crippen LogP contribution >= 0.6 is 12.2 Å². The fourth-order valence-electron chi connectivity index (χ4n) is 1.94. The number of rotatable bonds is 2. The number of hydrogen-bond acceptors (Lipinski definition) is 2. The Morgan fingerprint density at radius 1 is 1.00 bits per heavy atom. The lowest BCUT2D eigenvalue weighted by Crippen LogP contribution is -2.17. The average Bonchev–Trinajstić information content (AvgIpc) is 2.82. The monoisotopic (exact) mass is 288 g/mol. The van der Waals surface area contributed by atoms with Crippen LogP contribution < -0.4 is 10.6 Å². The molecule has 3 nitrogen and oxygen atoms in total. The molecule has 0 spiro atoms. The Labute approximate surface area is 119 Å². The van der Waals surface area contributed by atoms with Crippen molar-refractivity contribution in [1.82, 2.24) is 15.6 Å². The molecule has 0 amide bonds. The van der Waals surface area contributed by atoms with E-state index in [2.05, 4.69) is 15.6 Å². The second kappa shape index (κ2) is 4.97. The second-order valence-electron chi connectivity index (χ2n) is 4.14. The van der Waals surface area contributed by atoms with E-state index in [1.807, 2.05) is 0 Å². The van der Waals surface area contributed by atoms with Gasteiger partial charge in [0.25, 0.3) is 0 Å². The highest BCUT2D eigenvalue weighted by Crippen LogP contribution is 2.27. The summed E-state index contributed by atoms with van der Waals surface area (Å²) in [6.45, 7) is 0. The van der Waals surface area contributed by atoms with Crippen molar-refractivity contribution in [3.63, 3.8) is 0 Å². The van der Waals surface area contributed by atoms with E-state index in [4.69, 9.17) is 12.2 Å². The van der Waals surface area contributed by atoms with E-state index < -0.39 is 5.95 Å². The largest absolute Gasteiger partial charge is 0.329 e. The van der Waals surface area contributed by atoms with Gasteiger partial charge in [-0.15, -0.1) is 0 Å². The molecule has 0 saturated carbocycles. The number of aromatic nitrogens is 1. The highest BCUT2D eigenvalue weighted by molar-refractivity contribution is 7.80. The van der Waals surface area contributed by atoms with Crippen LogP contribution in [0, 0.1) is 11.8 Å². The van der Waals surface area contributed by atoms with Gasteiger partial charge in [0.05, 0.1) is 11.4 Å². The fraction of sp³-hybridized carbons (Fsp3) is 0. The lowest BCUT2D eigenvalue weighted by molar-refractivity contribution is 0.583. The van der Waals surface area contributed by atoms with Gasteiger partial charge in [-0.2, -0.15) is 4.39 Å². The maximum atomic E-state index is 13.2. The number of nitrogens with one attached hydrogen (secondary N) is 1. The molecule has 20 heavy (non-hydrogen) atoms. The Morgan fingerprint density at radius 2 is 1.75 bits per heavy atom. The maximum absolute atomic E-state index is 13.2. The first-order valence-electron chi connectivity index (χ1n) is 5.78. The minimum Gasteiger partial charge on any atom is -0.329 e. The summed E-state index contributed by atoms with van der Waals surface area (Å²) in [7, 11) is 0. The molecule has 0 atom stereocenters. The maximum Gasteiger partial charge on any atom is 0.213 e. The summed E-state index contributed by atoms with van der Waals surface area (Å²) in [5, 5.41) is 7.42. The van der Waals surface area contributed by atoms with Gasteiger partial charge in [-0.1, -0.05) is 0 Å². The van der Waals surface area contributed by atoms with Crippen molar-refractivity contribution < 1.29 is 8.78 Å². The number of pyridine rings is 1. The quantitative estimate of drug-likeness (QED) is 0.682. The summed E-state index contributed by atoms with van der Waals surface area (Å²) >= 11 is 5.03. The number of halogens is 2. The van der Waals surface area contributed by atoms with E-state index in [1.54, 1.807) is 18.2 Å². The van der Waals surface area contributed by atoms with Crippen molar-refractivity contribution in [2.75, 3.05) is 0 Å². The molecule has 2 heterocycles. The third-order valence-electron chi connectivity index (χ3n) is 2.81. The van der Waals surface area contributed by atoms with Crippen molar-refractivity contribution in [2.45, 2.75) is 0 Å². The zero-order chi connectivity index (χ0) is 14.1. The van der Waals surface area contributed by atoms with Crippen LogP contribution in [0.4, 0.5) is 8.78 Å². The third-order valence-corrected chi connectivity index (χ3v) is 3.01. The zero-order valence-corrected chi connectivity index (χ0v) is 10.9. The van der Waals surface area contributed by atoms with E-state index in [1.165, 1.54) is 24.4 Å². The van der Waals surface area contributed by atoms with E-state index in [-0.39, 0.29) is 10.9 Å². The van der Waals surface area contributed by atoms with E-state index in [0.29, 0.717) is 22.5 Å². The normalized spacial score (nSPS) is 14.2. The smallest absolute Gasteiger partial charge is 0.213 e. The zero-order valence-electron chi connectivity index (χ0n) is 10.1. The van der Waals surface area contributed by atoms with Crippen molar-refractivity contribution >= 4 is 28.7 Å². The van der Waals surface area contributed by atoms with Gasteiger partial charge in [0.15, 0.2) is 5.11 Å². The van der Waals surface area contributed by atoms with Gasteiger partial charge in [-0.3, -0.25) is 0 Å². The molecule has 1 radical (unpaired) electrons. The molecule has 1 aromatic carbocycles. The lowest BCUT2D eigenvalue weighted by atomic mass is 10.1. The van der Waals surface area contributed by atoms with Crippen LogP contribution in [-0.4, -0.2) is 10.1 Å². The molecule has 1 N–H and O–H groups in total. The molecular formula is C14H8F2N3S. The van der Waals surface area contributed by atoms with Gasteiger partial charge in [-0.05, 0) is 42.5 Å². The minimum atomic E-state index is -0.590. The highest BCUT2D eigenvalue weighted by atomic mass is 32.1. The number of benzene rings is 1. The van der Waals surface area contributed by atoms with Crippen molar-refractivity contribution in [3.05, 3.63) is 65.5 Å². The van der Waals surface area contributed by atoms with Crippen LogP contribution in [0.5, 0.6) is 0 Å². The van der Waals surface area contributed by atoms with Gasteiger partial charge < -0.3 is 5.32 Å². The van der Waals surface area contributed by atoms with Crippen LogP contribution in [0.25, 0.3) is 11.4 Å². The average molecular weight is 288 g/mol. The van der Waals surface area contributed by atoms with Gasteiger partial charge in [0.1, 0.15) is 5.82 Å². The van der Waals surface area contributed by atoms with Crippen molar-refractivity contribution in [3.8, 4) is 0 Å². The molecule has 2 aromatic rings. The first kappa shape index (κ1) is 12.7. The Bertz CT molecular complexity index is 711. The summed E-state index contributed by atoms with van der Waals surface area (Å²) in [5.41, 5.74) is 2.43. The van der Waals surface area contributed by atoms with Crippen LogP contribution in [0.2, 0.25) is 0 Å². The van der Waals surface area contributed by atoms with Crippen LogP contribution in [0.1, 0.15) is 11.1 Å². The van der Waals surface area contributed by atoms with Crippen LogP contribution in [0.15, 0.2) is 42.6 Å². The summed E-state index contributed by atoms with van der Waals surface area (Å²) in [4.78, 5) is 3.51. The summed E-state index contributed by atoms with van der Waals surface area (Å²) in [6, 6.07) is 8.81. The molecule has 0 bridgehead atoms. The number of nitrogens with zero attached hydrogens (tertiary/aromatic N) is 2. The number of thiocarbonyl (C=S) groups is 1. The molecule has 99 valence electrons. The van der Waals surface area contributed by atoms with Gasteiger partial charge in [0, 0.05) is 23.4 Å². The molecule has 1 aliphatic heterocycles. The van der Waals surface area contributed by atoms with E-state index in [9.17, 15) is 8.78 Å². The lowest BCUT2D eigenvalue weighted by Gasteiger charge is -2.05.